The molecule has 0 fully saturated rings. The summed E-state index contributed by atoms with van der Waals surface area (Å²) in [5.74, 6) is 0. The molecule has 0 saturated carbocycles. The third kappa shape index (κ3) is 3.63. The van der Waals surface area contributed by atoms with E-state index in [1.54, 1.807) is 23.9 Å². The SMILES string of the molecule is c1ccc(SNSc2ccccc2)cc1. The van der Waals surface area contributed by atoms with Crippen LogP contribution in [0.4, 0.5) is 0 Å². The maximum atomic E-state index is 3.25. The minimum atomic E-state index is 1.22. The Kier molecular flexibility index (Phi) is 4.14. The second-order valence-corrected chi connectivity index (χ2v) is 4.93. The van der Waals surface area contributed by atoms with Crippen LogP contribution >= 0.6 is 23.9 Å². The van der Waals surface area contributed by atoms with E-state index in [9.17, 15) is 0 Å². The van der Waals surface area contributed by atoms with Crippen LogP contribution in [-0.2, 0) is 0 Å². The van der Waals surface area contributed by atoms with Crippen LogP contribution in [0.3, 0.4) is 0 Å². The molecule has 0 amide bonds. The second kappa shape index (κ2) is 5.85. The van der Waals surface area contributed by atoms with Crippen molar-refractivity contribution in [2.45, 2.75) is 9.79 Å². The minimum absolute atomic E-state index is 1.22. The fraction of sp³-hybridized carbons (Fsp3) is 0. The molecule has 0 aliphatic heterocycles. The molecule has 3 heteroatoms. The Hall–Kier alpha value is -0.900. The van der Waals surface area contributed by atoms with Gasteiger partial charge in [-0.25, -0.2) is 0 Å². The lowest BCUT2D eigenvalue weighted by Crippen LogP contribution is -1.88. The van der Waals surface area contributed by atoms with Crippen molar-refractivity contribution < 1.29 is 0 Å². The molecule has 15 heavy (non-hydrogen) atoms. The van der Waals surface area contributed by atoms with E-state index in [1.165, 1.54) is 9.79 Å². The van der Waals surface area contributed by atoms with Crippen LogP contribution in [0.2, 0.25) is 0 Å². The Morgan fingerprint density at radius 1 is 0.600 bits per heavy atom. The lowest BCUT2D eigenvalue weighted by molar-refractivity contribution is 1.43. The molecular weight excluding hydrogens is 222 g/mol. The predicted octanol–water partition coefficient (Wildman–Crippen LogP) is 3.99. The first-order valence-electron chi connectivity index (χ1n) is 4.64. The molecule has 0 unspecified atom stereocenters. The Bertz CT molecular complexity index is 349. The quantitative estimate of drug-likeness (QED) is 0.802. The Morgan fingerprint density at radius 3 is 1.40 bits per heavy atom. The highest BCUT2D eigenvalue weighted by Gasteiger charge is 1.93. The van der Waals surface area contributed by atoms with E-state index in [1.807, 2.05) is 36.4 Å². The highest BCUT2D eigenvalue weighted by molar-refractivity contribution is 8.12. The fourth-order valence-corrected chi connectivity index (χ4v) is 2.62. The van der Waals surface area contributed by atoms with Crippen molar-refractivity contribution in [1.29, 1.82) is 0 Å². The van der Waals surface area contributed by atoms with Gasteiger partial charge >= 0.3 is 0 Å². The summed E-state index contributed by atoms with van der Waals surface area (Å²) in [7, 11) is 0. The Morgan fingerprint density at radius 2 is 1.00 bits per heavy atom. The lowest BCUT2D eigenvalue weighted by Gasteiger charge is -2.02. The summed E-state index contributed by atoms with van der Waals surface area (Å²) in [5, 5.41) is 0. The van der Waals surface area contributed by atoms with Crippen LogP contribution in [0.25, 0.3) is 0 Å². The first-order chi connectivity index (χ1) is 7.45. The zero-order valence-electron chi connectivity index (χ0n) is 8.09. The highest BCUT2D eigenvalue weighted by Crippen LogP contribution is 2.21. The van der Waals surface area contributed by atoms with Gasteiger partial charge in [-0.2, -0.15) is 4.13 Å². The largest absolute Gasteiger partial charge is 0.199 e. The molecule has 76 valence electrons. The summed E-state index contributed by atoms with van der Waals surface area (Å²) >= 11 is 3.26. The smallest absolute Gasteiger partial charge is 0.0236 e. The molecule has 0 aliphatic rings. The van der Waals surface area contributed by atoms with Crippen molar-refractivity contribution in [3.8, 4) is 0 Å². The van der Waals surface area contributed by atoms with Gasteiger partial charge in [0.15, 0.2) is 0 Å². The first kappa shape index (κ1) is 10.6. The monoisotopic (exact) mass is 233 g/mol. The van der Waals surface area contributed by atoms with E-state index in [4.69, 9.17) is 0 Å². The molecule has 0 spiro atoms. The summed E-state index contributed by atoms with van der Waals surface area (Å²) in [5.41, 5.74) is 0. The minimum Gasteiger partial charge on any atom is -0.199 e. The van der Waals surface area contributed by atoms with Gasteiger partial charge in [0.25, 0.3) is 0 Å². The third-order valence-electron chi connectivity index (χ3n) is 1.81. The van der Waals surface area contributed by atoms with Gasteiger partial charge in [-0.3, -0.25) is 0 Å². The van der Waals surface area contributed by atoms with Gasteiger partial charge in [0.1, 0.15) is 0 Å². The zero-order chi connectivity index (χ0) is 10.3. The number of hydrogen-bond donors (Lipinski definition) is 1. The summed E-state index contributed by atoms with van der Waals surface area (Å²) in [4.78, 5) is 2.45. The van der Waals surface area contributed by atoms with Crippen molar-refractivity contribution in [2.24, 2.45) is 0 Å². The lowest BCUT2D eigenvalue weighted by atomic mass is 10.4. The maximum Gasteiger partial charge on any atom is 0.0236 e. The normalized spacial score (nSPS) is 10.1. The van der Waals surface area contributed by atoms with Crippen LogP contribution in [0.1, 0.15) is 0 Å². The average molecular weight is 233 g/mol. The summed E-state index contributed by atoms with van der Waals surface area (Å²) < 4.78 is 3.25. The number of benzene rings is 2. The summed E-state index contributed by atoms with van der Waals surface area (Å²) in [6.45, 7) is 0. The Balaban J connectivity index is 1.81. The van der Waals surface area contributed by atoms with E-state index in [0.29, 0.717) is 0 Å². The van der Waals surface area contributed by atoms with Gasteiger partial charge in [0, 0.05) is 9.79 Å². The van der Waals surface area contributed by atoms with Crippen LogP contribution < -0.4 is 4.13 Å². The van der Waals surface area contributed by atoms with Gasteiger partial charge in [-0.05, 0) is 48.2 Å². The van der Waals surface area contributed by atoms with E-state index in [-0.39, 0.29) is 0 Å². The van der Waals surface area contributed by atoms with Crippen molar-refractivity contribution in [3.05, 3.63) is 60.7 Å². The van der Waals surface area contributed by atoms with E-state index in [2.05, 4.69) is 28.4 Å². The molecule has 0 bridgehead atoms. The van der Waals surface area contributed by atoms with E-state index in [0.717, 1.165) is 0 Å². The molecule has 1 nitrogen and oxygen atoms in total. The third-order valence-corrected chi connectivity index (χ3v) is 3.49. The summed E-state index contributed by atoms with van der Waals surface area (Å²) in [6.07, 6.45) is 0. The van der Waals surface area contributed by atoms with Crippen LogP contribution in [0, 0.1) is 0 Å². The molecule has 0 saturated heterocycles. The summed E-state index contributed by atoms with van der Waals surface area (Å²) in [6, 6.07) is 20.5. The number of hydrogen-bond acceptors (Lipinski definition) is 3. The fourth-order valence-electron chi connectivity index (χ4n) is 1.09. The molecular formula is C12H11NS2. The van der Waals surface area contributed by atoms with E-state index >= 15 is 0 Å². The van der Waals surface area contributed by atoms with Crippen LogP contribution in [0.15, 0.2) is 70.5 Å². The van der Waals surface area contributed by atoms with Crippen molar-refractivity contribution >= 4 is 23.9 Å². The molecule has 1 N–H and O–H groups in total. The topological polar surface area (TPSA) is 12.0 Å². The molecule has 0 radical (unpaired) electrons. The molecule has 0 aromatic heterocycles. The average Bonchev–Trinajstić information content (AvgIpc) is 2.32. The number of rotatable bonds is 4. The predicted molar refractivity (Wildman–Crippen MR) is 67.7 cm³/mol. The highest BCUT2D eigenvalue weighted by atomic mass is 32.2. The van der Waals surface area contributed by atoms with Gasteiger partial charge < -0.3 is 0 Å². The molecule has 0 heterocycles. The van der Waals surface area contributed by atoms with Crippen LogP contribution in [-0.4, -0.2) is 0 Å². The van der Waals surface area contributed by atoms with Crippen molar-refractivity contribution in [1.82, 2.24) is 4.13 Å². The van der Waals surface area contributed by atoms with Gasteiger partial charge in [0.05, 0.1) is 0 Å². The maximum absolute atomic E-state index is 3.25. The zero-order valence-corrected chi connectivity index (χ0v) is 9.72. The molecule has 2 rings (SSSR count). The van der Waals surface area contributed by atoms with E-state index < -0.39 is 0 Å². The van der Waals surface area contributed by atoms with Gasteiger partial charge in [-0.15, -0.1) is 0 Å². The van der Waals surface area contributed by atoms with Gasteiger partial charge in [0.2, 0.25) is 0 Å². The second-order valence-electron chi connectivity index (χ2n) is 2.91. The Labute approximate surface area is 98.6 Å². The molecule has 2 aromatic rings. The van der Waals surface area contributed by atoms with Crippen molar-refractivity contribution in [2.75, 3.05) is 0 Å². The molecule has 2 aromatic carbocycles. The molecule has 0 aliphatic carbocycles. The van der Waals surface area contributed by atoms with Crippen molar-refractivity contribution in [3.63, 3.8) is 0 Å². The van der Waals surface area contributed by atoms with Crippen LogP contribution in [0.5, 0.6) is 0 Å². The standard InChI is InChI=1S/C12H11NS2/c1-3-7-11(8-4-1)14-13-15-12-9-5-2-6-10-12/h1-10,13H. The van der Waals surface area contributed by atoms with Gasteiger partial charge in [-0.1, -0.05) is 36.4 Å². The number of nitrogens with one attached hydrogen (secondary N) is 1. The first-order valence-corrected chi connectivity index (χ1v) is 6.27. The molecule has 0 atom stereocenters.